The van der Waals surface area contributed by atoms with Crippen LogP contribution in [0.1, 0.15) is 5.56 Å². The van der Waals surface area contributed by atoms with E-state index in [4.69, 9.17) is 0 Å². The largest absolute Gasteiger partial charge is 0.299 e. The Morgan fingerprint density at radius 3 is 2.23 bits per heavy atom. The van der Waals surface area contributed by atoms with Crippen LogP contribution in [-0.2, 0) is 4.79 Å². The number of aldehydes is 1. The van der Waals surface area contributed by atoms with Gasteiger partial charge in [0.1, 0.15) is 12.1 Å². The zero-order chi connectivity index (χ0) is 9.84. The van der Waals surface area contributed by atoms with Crippen molar-refractivity contribution in [3.8, 4) is 0 Å². The summed E-state index contributed by atoms with van der Waals surface area (Å²) in [6.07, 6.45) is 2.47. The molecule has 0 heterocycles. The maximum absolute atomic E-state index is 12.8. The molecule has 0 aromatic heterocycles. The van der Waals surface area contributed by atoms with Crippen molar-refractivity contribution >= 4 is 12.4 Å². The van der Waals surface area contributed by atoms with E-state index in [-0.39, 0.29) is 5.56 Å². The van der Waals surface area contributed by atoms with Gasteiger partial charge >= 0.3 is 0 Å². The second-order valence-electron chi connectivity index (χ2n) is 2.28. The highest BCUT2D eigenvalue weighted by molar-refractivity contribution is 5.73. The number of benzene rings is 1. The molecule has 0 aliphatic rings. The van der Waals surface area contributed by atoms with Crippen LogP contribution in [0.25, 0.3) is 6.08 Å². The van der Waals surface area contributed by atoms with Crippen LogP contribution < -0.4 is 0 Å². The maximum Gasteiger partial charge on any atom is 0.161 e. The van der Waals surface area contributed by atoms with E-state index in [1.165, 1.54) is 0 Å². The van der Waals surface area contributed by atoms with Crippen LogP contribution in [0.2, 0.25) is 0 Å². The van der Waals surface area contributed by atoms with Crippen LogP contribution in [0, 0.1) is 17.5 Å². The summed E-state index contributed by atoms with van der Waals surface area (Å²) >= 11 is 0. The molecular weight excluding hydrogens is 181 g/mol. The third-order valence-corrected chi connectivity index (χ3v) is 1.39. The van der Waals surface area contributed by atoms with Gasteiger partial charge in [-0.15, -0.1) is 0 Å². The summed E-state index contributed by atoms with van der Waals surface area (Å²) in [5.74, 6) is -3.30. The van der Waals surface area contributed by atoms with Crippen LogP contribution in [-0.4, -0.2) is 6.29 Å². The van der Waals surface area contributed by atoms with Gasteiger partial charge in [0.25, 0.3) is 0 Å². The van der Waals surface area contributed by atoms with Crippen molar-refractivity contribution in [3.63, 3.8) is 0 Å². The second kappa shape index (κ2) is 3.89. The zero-order valence-electron chi connectivity index (χ0n) is 6.43. The minimum absolute atomic E-state index is 0.161. The molecule has 0 atom stereocenters. The molecule has 1 aromatic carbocycles. The van der Waals surface area contributed by atoms with E-state index in [1.54, 1.807) is 0 Å². The SMILES string of the molecule is O=C/C=C/c1cc(F)c(F)cc1F. The Morgan fingerprint density at radius 1 is 1.00 bits per heavy atom. The van der Waals surface area contributed by atoms with Crippen LogP contribution in [0.3, 0.4) is 0 Å². The predicted molar refractivity (Wildman–Crippen MR) is 41.4 cm³/mol. The van der Waals surface area contributed by atoms with Gasteiger partial charge in [-0.05, 0) is 18.2 Å². The lowest BCUT2D eigenvalue weighted by Gasteiger charge is -1.97. The summed E-state index contributed by atoms with van der Waals surface area (Å²) in [4.78, 5) is 9.86. The van der Waals surface area contributed by atoms with Crippen LogP contribution in [0.15, 0.2) is 18.2 Å². The Bertz CT molecular complexity index is 358. The van der Waals surface area contributed by atoms with Crippen molar-refractivity contribution in [3.05, 3.63) is 41.2 Å². The molecule has 0 aliphatic carbocycles. The number of hydrogen-bond donors (Lipinski definition) is 0. The molecule has 0 saturated carbocycles. The fraction of sp³-hybridized carbons (Fsp3) is 0. The Morgan fingerprint density at radius 2 is 1.62 bits per heavy atom. The monoisotopic (exact) mass is 186 g/mol. The molecule has 4 heteroatoms. The molecule has 1 aromatic rings. The summed E-state index contributed by atoms with van der Waals surface area (Å²) < 4.78 is 37.7. The van der Waals surface area contributed by atoms with Gasteiger partial charge in [-0.3, -0.25) is 4.79 Å². The summed E-state index contributed by atoms with van der Waals surface area (Å²) in [6, 6.07) is 1.12. The summed E-state index contributed by atoms with van der Waals surface area (Å²) in [5, 5.41) is 0. The number of hydrogen-bond acceptors (Lipinski definition) is 1. The number of rotatable bonds is 2. The van der Waals surface area contributed by atoms with Gasteiger partial charge in [-0.25, -0.2) is 13.2 Å². The smallest absolute Gasteiger partial charge is 0.161 e. The van der Waals surface area contributed by atoms with Gasteiger partial charge in [-0.1, -0.05) is 0 Å². The Labute approximate surface area is 72.5 Å². The molecule has 13 heavy (non-hydrogen) atoms. The molecule has 1 rings (SSSR count). The van der Waals surface area contributed by atoms with Gasteiger partial charge in [0.05, 0.1) is 0 Å². The minimum atomic E-state index is -1.25. The molecule has 0 radical (unpaired) electrons. The average Bonchev–Trinajstić information content (AvgIpc) is 2.09. The van der Waals surface area contributed by atoms with Crippen LogP contribution >= 0.6 is 0 Å². The number of allylic oxidation sites excluding steroid dienone is 1. The number of halogens is 3. The quantitative estimate of drug-likeness (QED) is 0.393. The third kappa shape index (κ3) is 2.18. The topological polar surface area (TPSA) is 17.1 Å². The first kappa shape index (κ1) is 9.51. The van der Waals surface area contributed by atoms with Crippen molar-refractivity contribution in [2.45, 2.75) is 0 Å². The van der Waals surface area contributed by atoms with E-state index in [1.807, 2.05) is 0 Å². The first-order valence-electron chi connectivity index (χ1n) is 3.41. The minimum Gasteiger partial charge on any atom is -0.299 e. The number of carbonyl (C=O) groups excluding carboxylic acids is 1. The summed E-state index contributed by atoms with van der Waals surface area (Å²) in [6.45, 7) is 0. The Hall–Kier alpha value is -1.58. The molecular formula is C9H5F3O. The number of carbonyl (C=O) groups is 1. The van der Waals surface area contributed by atoms with Gasteiger partial charge in [0.2, 0.25) is 0 Å². The average molecular weight is 186 g/mol. The predicted octanol–water partition coefficient (Wildman–Crippen LogP) is 2.32. The lowest BCUT2D eigenvalue weighted by atomic mass is 10.2. The lowest BCUT2D eigenvalue weighted by molar-refractivity contribution is -0.104. The van der Waals surface area contributed by atoms with E-state index in [0.717, 1.165) is 12.2 Å². The van der Waals surface area contributed by atoms with Gasteiger partial charge in [0.15, 0.2) is 11.6 Å². The van der Waals surface area contributed by atoms with Crippen molar-refractivity contribution in [2.24, 2.45) is 0 Å². The van der Waals surface area contributed by atoms with Crippen molar-refractivity contribution < 1.29 is 18.0 Å². The highest BCUT2D eigenvalue weighted by Gasteiger charge is 2.06. The molecule has 0 saturated heterocycles. The van der Waals surface area contributed by atoms with Crippen LogP contribution in [0.5, 0.6) is 0 Å². The highest BCUT2D eigenvalue weighted by atomic mass is 19.2. The summed E-state index contributed by atoms with van der Waals surface area (Å²) in [5.41, 5.74) is -0.161. The molecule has 1 nitrogen and oxygen atoms in total. The van der Waals surface area contributed by atoms with E-state index >= 15 is 0 Å². The van der Waals surface area contributed by atoms with Crippen molar-refractivity contribution in [1.29, 1.82) is 0 Å². The standard InChI is InChI=1S/C9H5F3O/c10-7-5-9(12)8(11)4-6(7)2-1-3-13/h1-5H/b2-1+. The highest BCUT2D eigenvalue weighted by Crippen LogP contribution is 2.14. The third-order valence-electron chi connectivity index (χ3n) is 1.39. The summed E-state index contributed by atoms with van der Waals surface area (Å²) in [7, 11) is 0. The molecule has 0 spiro atoms. The molecule has 0 fully saturated rings. The van der Waals surface area contributed by atoms with Crippen molar-refractivity contribution in [1.82, 2.24) is 0 Å². The Kier molecular flexibility index (Phi) is 2.84. The van der Waals surface area contributed by atoms with Crippen LogP contribution in [0.4, 0.5) is 13.2 Å². The zero-order valence-corrected chi connectivity index (χ0v) is 6.43. The normalized spacial score (nSPS) is 10.7. The van der Waals surface area contributed by atoms with Crippen molar-refractivity contribution in [2.75, 3.05) is 0 Å². The maximum atomic E-state index is 12.8. The first-order chi connectivity index (χ1) is 6.15. The second-order valence-corrected chi connectivity index (χ2v) is 2.28. The van der Waals surface area contributed by atoms with E-state index in [2.05, 4.69) is 0 Å². The van der Waals surface area contributed by atoms with Gasteiger partial charge in [-0.2, -0.15) is 0 Å². The molecule has 0 unspecified atom stereocenters. The lowest BCUT2D eigenvalue weighted by Crippen LogP contribution is -1.89. The molecule has 68 valence electrons. The van der Waals surface area contributed by atoms with E-state index in [0.29, 0.717) is 18.4 Å². The fourth-order valence-corrected chi connectivity index (χ4v) is 0.809. The van der Waals surface area contributed by atoms with Gasteiger partial charge in [0, 0.05) is 11.6 Å². The van der Waals surface area contributed by atoms with E-state index < -0.39 is 17.5 Å². The Balaban J connectivity index is 3.15. The molecule has 0 aliphatic heterocycles. The molecule has 0 N–H and O–H groups in total. The molecule has 0 amide bonds. The van der Waals surface area contributed by atoms with E-state index in [9.17, 15) is 18.0 Å². The fourth-order valence-electron chi connectivity index (χ4n) is 0.809. The first-order valence-corrected chi connectivity index (χ1v) is 3.41. The molecule has 0 bridgehead atoms. The van der Waals surface area contributed by atoms with Gasteiger partial charge < -0.3 is 0 Å².